The van der Waals surface area contributed by atoms with Crippen LogP contribution in [0.4, 0.5) is 0 Å². The van der Waals surface area contributed by atoms with Crippen LogP contribution in [-0.4, -0.2) is 67.2 Å². The van der Waals surface area contributed by atoms with E-state index in [0.717, 1.165) is 44.3 Å². The monoisotopic (exact) mass is 469 g/mol. The highest BCUT2D eigenvalue weighted by Gasteiger charge is 2.37. The molecule has 2 amide bonds. The van der Waals surface area contributed by atoms with Gasteiger partial charge in [-0.15, -0.1) is 0 Å². The summed E-state index contributed by atoms with van der Waals surface area (Å²) in [6.45, 7) is 2.97. The molecule has 0 aromatic heterocycles. The van der Waals surface area contributed by atoms with Crippen molar-refractivity contribution in [3.8, 4) is 0 Å². The molecule has 1 atom stereocenters. The average molecular weight is 470 g/mol. The number of hydrogen-bond donors (Lipinski definition) is 1. The van der Waals surface area contributed by atoms with Gasteiger partial charge >= 0.3 is 0 Å². The lowest BCUT2D eigenvalue weighted by Gasteiger charge is -2.34. The second-order valence-electron chi connectivity index (χ2n) is 9.07. The van der Waals surface area contributed by atoms with Gasteiger partial charge in [-0.1, -0.05) is 48.5 Å². The molecule has 0 spiro atoms. The Hall–Kier alpha value is -2.71. The summed E-state index contributed by atoms with van der Waals surface area (Å²) in [6.07, 6.45) is 2.90. The first kappa shape index (κ1) is 23.4. The maximum absolute atomic E-state index is 13.3. The van der Waals surface area contributed by atoms with Gasteiger partial charge in [0.15, 0.2) is 0 Å². The van der Waals surface area contributed by atoms with E-state index in [4.69, 9.17) is 0 Å². The largest absolute Gasteiger partial charge is 0.351 e. The molecule has 4 rings (SSSR count). The fraction of sp³-hybridized carbons (Fsp3) is 0.440. The van der Waals surface area contributed by atoms with Crippen LogP contribution in [0.2, 0.25) is 0 Å². The fourth-order valence-electron chi connectivity index (χ4n) is 4.66. The summed E-state index contributed by atoms with van der Waals surface area (Å²) in [5.74, 6) is -0.612. The Morgan fingerprint density at radius 3 is 2.39 bits per heavy atom. The Morgan fingerprint density at radius 2 is 1.73 bits per heavy atom. The summed E-state index contributed by atoms with van der Waals surface area (Å²) in [6, 6.07) is 16.8. The van der Waals surface area contributed by atoms with Gasteiger partial charge in [0.1, 0.15) is 15.9 Å². The van der Waals surface area contributed by atoms with E-state index < -0.39 is 15.9 Å². The van der Waals surface area contributed by atoms with Crippen LogP contribution < -0.4 is 5.32 Å². The van der Waals surface area contributed by atoms with E-state index in [-0.39, 0.29) is 30.0 Å². The van der Waals surface area contributed by atoms with E-state index >= 15 is 0 Å². The van der Waals surface area contributed by atoms with Gasteiger partial charge in [0.05, 0.1) is 5.75 Å². The first-order valence-electron chi connectivity index (χ1n) is 11.4. The molecule has 7 nitrogen and oxygen atoms in total. The van der Waals surface area contributed by atoms with E-state index in [9.17, 15) is 18.0 Å². The number of fused-ring (bicyclic) bond motifs is 1. The zero-order valence-corrected chi connectivity index (χ0v) is 19.8. The van der Waals surface area contributed by atoms with Crippen molar-refractivity contribution in [2.75, 3.05) is 25.1 Å². The summed E-state index contributed by atoms with van der Waals surface area (Å²) in [4.78, 5) is 30.1. The summed E-state index contributed by atoms with van der Waals surface area (Å²) < 4.78 is 23.6. The molecule has 2 aromatic carbocycles. The number of sulfone groups is 1. The van der Waals surface area contributed by atoms with E-state index in [2.05, 4.69) is 22.3 Å². The van der Waals surface area contributed by atoms with Crippen LogP contribution >= 0.6 is 0 Å². The van der Waals surface area contributed by atoms with E-state index in [1.807, 2.05) is 30.3 Å². The van der Waals surface area contributed by atoms with Gasteiger partial charge in [0.2, 0.25) is 5.91 Å². The van der Waals surface area contributed by atoms with Crippen molar-refractivity contribution in [1.29, 1.82) is 0 Å². The highest BCUT2D eigenvalue weighted by Crippen LogP contribution is 2.26. The molecular weight excluding hydrogens is 438 g/mol. The number of benzene rings is 2. The Bertz CT molecular complexity index is 1100. The van der Waals surface area contributed by atoms with Gasteiger partial charge < -0.3 is 10.2 Å². The number of rotatable bonds is 8. The van der Waals surface area contributed by atoms with Gasteiger partial charge in [-0.25, -0.2) is 8.42 Å². The molecule has 2 aromatic rings. The maximum Gasteiger partial charge on any atom is 0.255 e. The lowest BCUT2D eigenvalue weighted by molar-refractivity contribution is -0.126. The third-order valence-corrected chi connectivity index (χ3v) is 7.45. The molecule has 1 unspecified atom stereocenters. The number of carbonyl (C=O) groups excluding carboxylic acids is 2. The average Bonchev–Trinajstić information content (AvgIpc) is 3.12. The number of likely N-dealkylation sites (tertiary alicyclic amines) is 1. The number of hydrogen-bond acceptors (Lipinski definition) is 5. The highest BCUT2D eigenvalue weighted by atomic mass is 32.2. The first-order valence-corrected chi connectivity index (χ1v) is 13.5. The molecular formula is C25H31N3O4S. The Labute approximate surface area is 195 Å². The minimum atomic E-state index is -3.26. The molecule has 1 N–H and O–H groups in total. The zero-order chi connectivity index (χ0) is 23.4. The molecule has 8 heteroatoms. The predicted molar refractivity (Wildman–Crippen MR) is 127 cm³/mol. The van der Waals surface area contributed by atoms with E-state index in [0.29, 0.717) is 12.1 Å². The number of nitrogens with zero attached hydrogens (tertiary/aromatic N) is 2. The van der Waals surface area contributed by atoms with Gasteiger partial charge in [-0.2, -0.15) is 0 Å². The number of carbonyl (C=O) groups is 2. The molecule has 33 heavy (non-hydrogen) atoms. The molecule has 1 fully saturated rings. The minimum absolute atomic E-state index is 0.0188. The molecule has 2 aliphatic rings. The van der Waals surface area contributed by atoms with Crippen LogP contribution in [0.25, 0.3) is 0 Å². The predicted octanol–water partition coefficient (Wildman–Crippen LogP) is 2.23. The van der Waals surface area contributed by atoms with Crippen LogP contribution in [0.1, 0.15) is 40.7 Å². The smallest absolute Gasteiger partial charge is 0.255 e. The van der Waals surface area contributed by atoms with Gasteiger partial charge in [-0.05, 0) is 36.5 Å². The number of nitrogens with one attached hydrogen (secondary N) is 1. The summed E-state index contributed by atoms with van der Waals surface area (Å²) >= 11 is 0. The lowest BCUT2D eigenvalue weighted by Crippen LogP contribution is -2.52. The third-order valence-electron chi connectivity index (χ3n) is 6.47. The normalized spacial score (nSPS) is 18.2. The second-order valence-corrected chi connectivity index (χ2v) is 11.3. The van der Waals surface area contributed by atoms with Crippen LogP contribution in [0.3, 0.4) is 0 Å². The first-order chi connectivity index (χ1) is 15.8. The van der Waals surface area contributed by atoms with E-state index in [1.165, 1.54) is 10.5 Å². The van der Waals surface area contributed by atoms with Crippen molar-refractivity contribution in [2.45, 2.75) is 44.4 Å². The Kier molecular flexibility index (Phi) is 7.14. The fourth-order valence-corrected chi connectivity index (χ4v) is 5.31. The quantitative estimate of drug-likeness (QED) is 0.641. The number of piperidine rings is 1. The molecule has 0 aliphatic carbocycles. The topological polar surface area (TPSA) is 86.8 Å². The highest BCUT2D eigenvalue weighted by molar-refractivity contribution is 7.90. The maximum atomic E-state index is 13.3. The standard InChI is InChI=1S/C25H31N3O4S/c1-33(31,32)16-13-23(28-18-20-9-5-6-10-22(20)25(28)30)24(29)26-21-11-14-27(15-12-21)17-19-7-3-2-4-8-19/h2-10,21,23H,11-18H2,1H3,(H,26,29). The van der Waals surface area contributed by atoms with Gasteiger partial charge in [0, 0.05) is 44.0 Å². The molecule has 0 bridgehead atoms. The second kappa shape index (κ2) is 10.1. The Balaban J connectivity index is 1.38. The zero-order valence-electron chi connectivity index (χ0n) is 18.9. The third kappa shape index (κ3) is 6.00. The van der Waals surface area contributed by atoms with Gasteiger partial charge in [-0.3, -0.25) is 14.5 Å². The SMILES string of the molecule is CS(=O)(=O)CCC(C(=O)NC1CCN(Cc2ccccc2)CC1)N1Cc2ccccc2C1=O. The van der Waals surface area contributed by atoms with Crippen molar-refractivity contribution in [1.82, 2.24) is 15.1 Å². The number of amides is 2. The molecule has 1 saturated heterocycles. The summed E-state index contributed by atoms with van der Waals surface area (Å²) in [7, 11) is -3.26. The van der Waals surface area contributed by atoms with Gasteiger partial charge in [0.25, 0.3) is 5.91 Å². The van der Waals surface area contributed by atoms with Crippen molar-refractivity contribution >= 4 is 21.7 Å². The summed E-state index contributed by atoms with van der Waals surface area (Å²) in [5.41, 5.74) is 2.73. The summed E-state index contributed by atoms with van der Waals surface area (Å²) in [5, 5.41) is 3.11. The van der Waals surface area contributed by atoms with Crippen LogP contribution in [0.5, 0.6) is 0 Å². The van der Waals surface area contributed by atoms with Crippen molar-refractivity contribution in [3.63, 3.8) is 0 Å². The van der Waals surface area contributed by atoms with Crippen molar-refractivity contribution in [2.24, 2.45) is 0 Å². The molecule has 2 aliphatic heterocycles. The van der Waals surface area contributed by atoms with Crippen LogP contribution in [0, 0.1) is 0 Å². The van der Waals surface area contributed by atoms with Crippen LogP contribution in [0.15, 0.2) is 54.6 Å². The van der Waals surface area contributed by atoms with Crippen molar-refractivity contribution in [3.05, 3.63) is 71.3 Å². The Morgan fingerprint density at radius 1 is 1.06 bits per heavy atom. The van der Waals surface area contributed by atoms with Crippen molar-refractivity contribution < 1.29 is 18.0 Å². The lowest BCUT2D eigenvalue weighted by atomic mass is 10.0. The molecule has 2 heterocycles. The minimum Gasteiger partial charge on any atom is -0.351 e. The molecule has 0 radical (unpaired) electrons. The molecule has 0 saturated carbocycles. The van der Waals surface area contributed by atoms with Crippen LogP contribution in [-0.2, 0) is 27.7 Å². The van der Waals surface area contributed by atoms with E-state index in [1.54, 1.807) is 12.1 Å². The molecule has 176 valence electrons.